The topological polar surface area (TPSA) is 41.1 Å². The molecule has 0 spiro atoms. The van der Waals surface area contributed by atoms with E-state index >= 15 is 0 Å². The van der Waals surface area contributed by atoms with E-state index in [4.69, 9.17) is 0 Å². The van der Waals surface area contributed by atoms with Gasteiger partial charge in [0.15, 0.2) is 0 Å². The molecule has 0 saturated carbocycles. The van der Waals surface area contributed by atoms with Gasteiger partial charge in [-0.15, -0.1) is 0 Å². The van der Waals surface area contributed by atoms with Gasteiger partial charge < -0.3 is 10.6 Å². The van der Waals surface area contributed by atoms with Gasteiger partial charge in [-0.2, -0.15) is 0 Å². The van der Waals surface area contributed by atoms with Crippen molar-refractivity contribution in [1.29, 1.82) is 0 Å². The Hall–Kier alpha value is -3.51. The van der Waals surface area contributed by atoms with Crippen LogP contribution in [0.2, 0.25) is 0 Å². The lowest BCUT2D eigenvalue weighted by Gasteiger charge is -2.09. The van der Waals surface area contributed by atoms with Crippen molar-refractivity contribution >= 4 is 17.4 Å². The quantitative estimate of drug-likeness (QED) is 0.637. The highest BCUT2D eigenvalue weighted by Crippen LogP contribution is 2.15. The average Bonchev–Trinajstić information content (AvgIpc) is 2.64. The third-order valence-corrected chi connectivity index (χ3v) is 3.60. The summed E-state index contributed by atoms with van der Waals surface area (Å²) < 4.78 is 0. The maximum atomic E-state index is 12.2. The van der Waals surface area contributed by atoms with Crippen LogP contribution in [0.15, 0.2) is 78.9 Å². The number of rotatable bonds is 2. The summed E-state index contributed by atoms with van der Waals surface area (Å²) in [5.74, 6) is 6.22. The molecule has 3 heteroatoms. The molecule has 3 aromatic carbocycles. The Bertz CT molecular complexity index is 919. The molecule has 0 radical (unpaired) electrons. The lowest BCUT2D eigenvalue weighted by atomic mass is 10.1. The van der Waals surface area contributed by atoms with Gasteiger partial charge in [0.25, 0.3) is 0 Å². The second-order valence-electron chi connectivity index (χ2n) is 5.61. The van der Waals surface area contributed by atoms with Crippen molar-refractivity contribution in [2.75, 3.05) is 10.6 Å². The number of urea groups is 1. The Morgan fingerprint density at radius 3 is 2.20 bits per heavy atom. The van der Waals surface area contributed by atoms with E-state index in [9.17, 15) is 4.79 Å². The second kappa shape index (κ2) is 7.85. The molecule has 3 aromatic rings. The van der Waals surface area contributed by atoms with Gasteiger partial charge in [0, 0.05) is 16.8 Å². The van der Waals surface area contributed by atoms with E-state index in [2.05, 4.69) is 22.5 Å². The zero-order valence-corrected chi connectivity index (χ0v) is 13.9. The van der Waals surface area contributed by atoms with Crippen LogP contribution in [0.3, 0.4) is 0 Å². The van der Waals surface area contributed by atoms with Gasteiger partial charge in [-0.1, -0.05) is 59.9 Å². The van der Waals surface area contributed by atoms with Crippen molar-refractivity contribution < 1.29 is 4.79 Å². The summed E-state index contributed by atoms with van der Waals surface area (Å²) in [6.07, 6.45) is 0. The van der Waals surface area contributed by atoms with Crippen molar-refractivity contribution in [2.24, 2.45) is 0 Å². The molecule has 25 heavy (non-hydrogen) atoms. The fraction of sp³-hybridized carbons (Fsp3) is 0.0455. The van der Waals surface area contributed by atoms with Gasteiger partial charge in [0.2, 0.25) is 0 Å². The summed E-state index contributed by atoms with van der Waals surface area (Å²) in [6, 6.07) is 24.6. The largest absolute Gasteiger partial charge is 0.323 e. The molecular formula is C22H18N2O. The Morgan fingerprint density at radius 1 is 0.760 bits per heavy atom. The lowest BCUT2D eigenvalue weighted by molar-refractivity contribution is 0.262. The molecule has 2 N–H and O–H groups in total. The second-order valence-corrected chi connectivity index (χ2v) is 5.61. The molecule has 0 fully saturated rings. The van der Waals surface area contributed by atoms with Crippen molar-refractivity contribution in [3.63, 3.8) is 0 Å². The molecule has 0 saturated heterocycles. The van der Waals surface area contributed by atoms with E-state index in [1.54, 1.807) is 0 Å². The number of para-hydroxylation sites is 1. The summed E-state index contributed by atoms with van der Waals surface area (Å²) in [5, 5.41) is 5.68. The highest BCUT2D eigenvalue weighted by molar-refractivity contribution is 6.00. The van der Waals surface area contributed by atoms with E-state index in [0.717, 1.165) is 22.4 Å². The first-order valence-corrected chi connectivity index (χ1v) is 8.01. The average molecular weight is 326 g/mol. The monoisotopic (exact) mass is 326 g/mol. The third-order valence-electron chi connectivity index (χ3n) is 3.60. The summed E-state index contributed by atoms with van der Waals surface area (Å²) in [6.45, 7) is 2.01. The standard InChI is InChI=1S/C22H18N2O/c1-17-11-15-20(16-12-17)23-22(25)24-21-10-6-5-9-19(21)14-13-18-7-3-2-4-8-18/h2-12,15-16H,1H3,(H2,23,24,25). The number of anilines is 2. The summed E-state index contributed by atoms with van der Waals surface area (Å²) in [7, 11) is 0. The number of carbonyl (C=O) groups is 1. The number of carbonyl (C=O) groups excluding carboxylic acids is 1. The van der Waals surface area contributed by atoms with Crippen LogP contribution in [0.4, 0.5) is 16.2 Å². The Kier molecular flexibility index (Phi) is 5.13. The number of amides is 2. The van der Waals surface area contributed by atoms with Crippen molar-refractivity contribution in [3.05, 3.63) is 95.6 Å². The highest BCUT2D eigenvalue weighted by atomic mass is 16.2. The minimum Gasteiger partial charge on any atom is -0.308 e. The summed E-state index contributed by atoms with van der Waals surface area (Å²) in [5.41, 5.74) is 4.27. The molecule has 122 valence electrons. The molecule has 3 rings (SSSR count). The van der Waals surface area contributed by atoms with E-state index < -0.39 is 0 Å². The highest BCUT2D eigenvalue weighted by Gasteiger charge is 2.05. The Labute approximate surface area is 147 Å². The molecule has 0 aliphatic heterocycles. The van der Waals surface area contributed by atoms with Crippen molar-refractivity contribution in [2.45, 2.75) is 6.92 Å². The summed E-state index contributed by atoms with van der Waals surface area (Å²) >= 11 is 0. The van der Waals surface area contributed by atoms with Crippen LogP contribution in [0.1, 0.15) is 16.7 Å². The van der Waals surface area contributed by atoms with Crippen LogP contribution in [0, 0.1) is 18.8 Å². The minimum absolute atomic E-state index is 0.294. The van der Waals surface area contributed by atoms with Crippen LogP contribution < -0.4 is 10.6 Å². The number of benzene rings is 3. The van der Waals surface area contributed by atoms with Crippen LogP contribution in [-0.2, 0) is 0 Å². The Balaban J connectivity index is 1.73. The number of hydrogen-bond donors (Lipinski definition) is 2. The van der Waals surface area contributed by atoms with Crippen molar-refractivity contribution in [3.8, 4) is 11.8 Å². The van der Waals surface area contributed by atoms with Gasteiger partial charge in [-0.05, 0) is 43.3 Å². The maximum Gasteiger partial charge on any atom is 0.323 e. The molecule has 3 nitrogen and oxygen atoms in total. The predicted molar refractivity (Wildman–Crippen MR) is 103 cm³/mol. The molecular weight excluding hydrogens is 308 g/mol. The number of nitrogens with one attached hydrogen (secondary N) is 2. The van der Waals surface area contributed by atoms with Gasteiger partial charge >= 0.3 is 6.03 Å². The molecule has 0 heterocycles. The van der Waals surface area contributed by atoms with Crippen LogP contribution >= 0.6 is 0 Å². The van der Waals surface area contributed by atoms with Crippen LogP contribution in [0.5, 0.6) is 0 Å². The fourth-order valence-corrected chi connectivity index (χ4v) is 2.28. The van der Waals surface area contributed by atoms with E-state index in [0.29, 0.717) is 5.69 Å². The number of aryl methyl sites for hydroxylation is 1. The van der Waals surface area contributed by atoms with E-state index in [-0.39, 0.29) is 6.03 Å². The van der Waals surface area contributed by atoms with Gasteiger partial charge in [0.1, 0.15) is 0 Å². The Morgan fingerprint density at radius 2 is 1.44 bits per heavy atom. The van der Waals surface area contributed by atoms with Crippen molar-refractivity contribution in [1.82, 2.24) is 0 Å². The molecule has 2 amide bonds. The lowest BCUT2D eigenvalue weighted by Crippen LogP contribution is -2.19. The number of hydrogen-bond acceptors (Lipinski definition) is 1. The zero-order valence-electron chi connectivity index (χ0n) is 13.9. The molecule has 0 aliphatic carbocycles. The smallest absolute Gasteiger partial charge is 0.308 e. The van der Waals surface area contributed by atoms with Crippen LogP contribution in [0.25, 0.3) is 0 Å². The van der Waals surface area contributed by atoms with E-state index in [1.807, 2.05) is 85.8 Å². The van der Waals surface area contributed by atoms with Gasteiger partial charge in [-0.3, -0.25) is 0 Å². The first kappa shape index (κ1) is 16.4. The third kappa shape index (κ3) is 4.73. The van der Waals surface area contributed by atoms with E-state index in [1.165, 1.54) is 0 Å². The first-order valence-electron chi connectivity index (χ1n) is 8.01. The fourth-order valence-electron chi connectivity index (χ4n) is 2.28. The van der Waals surface area contributed by atoms with Gasteiger partial charge in [-0.25, -0.2) is 4.79 Å². The predicted octanol–water partition coefficient (Wildman–Crippen LogP) is 5.04. The summed E-state index contributed by atoms with van der Waals surface area (Å²) in [4.78, 5) is 12.2. The first-order chi connectivity index (χ1) is 12.2. The molecule has 0 aliphatic rings. The SMILES string of the molecule is Cc1ccc(NC(=O)Nc2ccccc2C#Cc2ccccc2)cc1. The molecule has 0 bridgehead atoms. The van der Waals surface area contributed by atoms with Gasteiger partial charge in [0.05, 0.1) is 5.69 Å². The molecule has 0 unspecified atom stereocenters. The zero-order chi connectivity index (χ0) is 17.5. The maximum absolute atomic E-state index is 12.2. The minimum atomic E-state index is -0.294. The van der Waals surface area contributed by atoms with Crippen LogP contribution in [-0.4, -0.2) is 6.03 Å². The molecule has 0 atom stereocenters. The molecule has 0 aromatic heterocycles. The normalized spacial score (nSPS) is 9.64.